The quantitative estimate of drug-likeness (QED) is 0.302. The topological polar surface area (TPSA) is 47.4 Å². The van der Waals surface area contributed by atoms with Crippen LogP contribution in [0, 0.1) is 5.82 Å². The minimum atomic E-state index is -0.452. The van der Waals surface area contributed by atoms with Gasteiger partial charge in [-0.25, -0.2) is 9.07 Å². The summed E-state index contributed by atoms with van der Waals surface area (Å²) in [5, 5.41) is 4.72. The average Bonchev–Trinajstić information content (AvgIpc) is 3.34. The van der Waals surface area contributed by atoms with Crippen molar-refractivity contribution in [2.75, 3.05) is 6.61 Å². The Labute approximate surface area is 202 Å². The van der Waals surface area contributed by atoms with Crippen LogP contribution in [0.5, 0.6) is 5.75 Å². The number of benzene rings is 2. The molecule has 0 aliphatic carbocycles. The van der Waals surface area contributed by atoms with Gasteiger partial charge in [-0.15, -0.1) is 0 Å². The van der Waals surface area contributed by atoms with E-state index in [1.807, 2.05) is 57.3 Å². The number of halogens is 1. The summed E-state index contributed by atoms with van der Waals surface area (Å²) in [6.45, 7) is 6.27. The number of rotatable bonds is 7. The van der Waals surface area contributed by atoms with Crippen LogP contribution in [0.1, 0.15) is 32.8 Å². The predicted octanol–water partition coefficient (Wildman–Crippen LogP) is 6.08. The Hall–Kier alpha value is -2.97. The average molecular weight is 482 g/mol. The Morgan fingerprint density at radius 1 is 1.21 bits per heavy atom. The lowest BCUT2D eigenvalue weighted by Gasteiger charge is -2.18. The van der Waals surface area contributed by atoms with Crippen LogP contribution in [-0.4, -0.2) is 37.6 Å². The van der Waals surface area contributed by atoms with Gasteiger partial charge in [-0.1, -0.05) is 49.1 Å². The molecule has 0 radical (unpaired) electrons. The molecule has 0 bridgehead atoms. The summed E-state index contributed by atoms with van der Waals surface area (Å²) in [7, 11) is 0. The number of amides is 1. The number of hydrogen-bond donors (Lipinski definition) is 0. The van der Waals surface area contributed by atoms with E-state index in [1.54, 1.807) is 27.8 Å². The van der Waals surface area contributed by atoms with Gasteiger partial charge in [0.25, 0.3) is 5.91 Å². The van der Waals surface area contributed by atoms with Gasteiger partial charge in [-0.2, -0.15) is 5.10 Å². The Balaban J connectivity index is 1.79. The highest BCUT2D eigenvalue weighted by Gasteiger charge is 2.34. The minimum Gasteiger partial charge on any atom is -0.491 e. The van der Waals surface area contributed by atoms with Crippen LogP contribution < -0.4 is 4.74 Å². The molecule has 0 spiro atoms. The lowest BCUT2D eigenvalue weighted by Crippen LogP contribution is -2.34. The highest BCUT2D eigenvalue weighted by Crippen LogP contribution is 2.36. The van der Waals surface area contributed by atoms with Crippen molar-refractivity contribution >= 4 is 40.3 Å². The van der Waals surface area contributed by atoms with Crippen molar-refractivity contribution in [3.63, 3.8) is 0 Å². The molecule has 0 N–H and O–H groups in total. The molecule has 8 heteroatoms. The van der Waals surface area contributed by atoms with E-state index >= 15 is 0 Å². The molecule has 1 amide bonds. The summed E-state index contributed by atoms with van der Waals surface area (Å²) < 4.78 is 22.4. The molecule has 170 valence electrons. The highest BCUT2D eigenvalue weighted by atomic mass is 32.2. The second-order valence-electron chi connectivity index (χ2n) is 7.85. The van der Waals surface area contributed by atoms with Gasteiger partial charge < -0.3 is 4.74 Å². The Morgan fingerprint density at radius 2 is 1.97 bits per heavy atom. The molecule has 33 heavy (non-hydrogen) atoms. The van der Waals surface area contributed by atoms with Crippen molar-refractivity contribution in [1.82, 2.24) is 14.7 Å². The second-order valence-corrected chi connectivity index (χ2v) is 9.53. The van der Waals surface area contributed by atoms with Crippen LogP contribution in [0.15, 0.2) is 59.6 Å². The zero-order valence-electron chi connectivity index (χ0n) is 18.6. The summed E-state index contributed by atoms with van der Waals surface area (Å²) >= 11 is 6.67. The van der Waals surface area contributed by atoms with E-state index in [1.165, 1.54) is 17.8 Å². The van der Waals surface area contributed by atoms with E-state index in [0.717, 1.165) is 12.1 Å². The first-order valence-corrected chi connectivity index (χ1v) is 12.0. The molecule has 1 aromatic heterocycles. The largest absolute Gasteiger partial charge is 0.491 e. The van der Waals surface area contributed by atoms with Crippen LogP contribution >= 0.6 is 24.0 Å². The van der Waals surface area contributed by atoms with Gasteiger partial charge in [0.15, 0.2) is 11.6 Å². The lowest BCUT2D eigenvalue weighted by molar-refractivity contribution is -0.123. The number of ether oxygens (including phenoxy) is 1. The molecule has 1 aliphatic heterocycles. The first-order valence-electron chi connectivity index (χ1n) is 10.7. The van der Waals surface area contributed by atoms with Gasteiger partial charge in [0, 0.05) is 23.4 Å². The maximum Gasteiger partial charge on any atom is 0.266 e. The Kier molecular flexibility index (Phi) is 6.95. The van der Waals surface area contributed by atoms with Gasteiger partial charge in [0.1, 0.15) is 10.0 Å². The number of carbonyl (C=O) groups is 1. The number of hydrogen-bond acceptors (Lipinski definition) is 5. The van der Waals surface area contributed by atoms with E-state index in [9.17, 15) is 9.18 Å². The van der Waals surface area contributed by atoms with Crippen molar-refractivity contribution in [3.8, 4) is 22.7 Å². The maximum atomic E-state index is 14.7. The number of thioether (sulfide) groups is 1. The van der Waals surface area contributed by atoms with Gasteiger partial charge in [0.2, 0.25) is 0 Å². The normalized spacial score (nSPS) is 15.2. The molecule has 0 unspecified atom stereocenters. The number of nitrogens with zero attached hydrogens (tertiary/aromatic N) is 3. The number of para-hydroxylation sites is 1. The Bertz CT molecular complexity index is 1220. The van der Waals surface area contributed by atoms with Gasteiger partial charge in [-0.05, 0) is 56.7 Å². The molecule has 1 saturated heterocycles. The monoisotopic (exact) mass is 481 g/mol. The summed E-state index contributed by atoms with van der Waals surface area (Å²) in [6.07, 6.45) is 4.41. The molecule has 0 atom stereocenters. The van der Waals surface area contributed by atoms with Gasteiger partial charge >= 0.3 is 0 Å². The van der Waals surface area contributed by atoms with Crippen molar-refractivity contribution in [3.05, 3.63) is 71.0 Å². The molecule has 1 fully saturated rings. The van der Waals surface area contributed by atoms with Gasteiger partial charge in [0.05, 0.1) is 17.2 Å². The van der Waals surface area contributed by atoms with Crippen molar-refractivity contribution in [2.24, 2.45) is 0 Å². The Morgan fingerprint density at radius 3 is 2.61 bits per heavy atom. The first kappa shape index (κ1) is 23.2. The number of aromatic nitrogens is 2. The third-order valence-corrected chi connectivity index (χ3v) is 6.39. The zero-order valence-corrected chi connectivity index (χ0v) is 20.3. The highest BCUT2D eigenvalue weighted by molar-refractivity contribution is 8.26. The van der Waals surface area contributed by atoms with E-state index in [-0.39, 0.29) is 17.7 Å². The van der Waals surface area contributed by atoms with E-state index < -0.39 is 5.82 Å². The van der Waals surface area contributed by atoms with E-state index in [0.29, 0.717) is 32.7 Å². The van der Waals surface area contributed by atoms with Crippen LogP contribution in [0.25, 0.3) is 23.0 Å². The van der Waals surface area contributed by atoms with E-state index in [2.05, 4.69) is 0 Å². The predicted molar refractivity (Wildman–Crippen MR) is 135 cm³/mol. The summed E-state index contributed by atoms with van der Waals surface area (Å²) in [5.74, 6) is -0.373. The molecular weight excluding hydrogens is 457 g/mol. The molecule has 4 rings (SSSR count). The minimum absolute atomic E-state index is 0.0281. The fourth-order valence-electron chi connectivity index (χ4n) is 3.47. The van der Waals surface area contributed by atoms with Crippen molar-refractivity contribution < 1.29 is 13.9 Å². The fourth-order valence-corrected chi connectivity index (χ4v) is 4.99. The number of carbonyl (C=O) groups excluding carboxylic acids is 1. The summed E-state index contributed by atoms with van der Waals surface area (Å²) in [5.41, 5.74) is 2.72. The fraction of sp³-hybridized carbons (Fsp3) is 0.240. The maximum absolute atomic E-state index is 14.7. The molecular formula is C25H24FN3O2S2. The standard InChI is InChI=1S/C25H24FN3O2S2/c1-4-12-31-21-11-10-17(13-20(21)26)23-18(15-28(27-23)19-8-6-5-7-9-19)14-22-24(30)29(16(2)3)25(32)33-22/h5-11,13-16H,4,12H2,1-3H3. The van der Waals surface area contributed by atoms with Crippen LogP contribution in [-0.2, 0) is 4.79 Å². The van der Waals surface area contributed by atoms with Crippen LogP contribution in [0.4, 0.5) is 4.39 Å². The van der Waals surface area contributed by atoms with Crippen LogP contribution in [0.2, 0.25) is 0 Å². The smallest absolute Gasteiger partial charge is 0.266 e. The van der Waals surface area contributed by atoms with E-state index in [4.69, 9.17) is 22.1 Å². The SMILES string of the molecule is CCCOc1ccc(-c2nn(-c3ccccc3)cc2C=C2SC(=S)N(C(C)C)C2=O)cc1F. The third-order valence-electron chi connectivity index (χ3n) is 5.06. The molecule has 5 nitrogen and oxygen atoms in total. The summed E-state index contributed by atoms with van der Waals surface area (Å²) in [4.78, 5) is 15.1. The second kappa shape index (κ2) is 9.89. The first-order chi connectivity index (χ1) is 15.9. The molecule has 1 aliphatic rings. The van der Waals surface area contributed by atoms with Crippen molar-refractivity contribution in [1.29, 1.82) is 0 Å². The zero-order chi connectivity index (χ0) is 23.5. The molecule has 3 aromatic rings. The summed E-state index contributed by atoms with van der Waals surface area (Å²) in [6, 6.07) is 14.4. The lowest BCUT2D eigenvalue weighted by atomic mass is 10.1. The number of thiocarbonyl (C=S) groups is 1. The van der Waals surface area contributed by atoms with Crippen molar-refractivity contribution in [2.45, 2.75) is 33.2 Å². The van der Waals surface area contributed by atoms with Gasteiger partial charge in [-0.3, -0.25) is 9.69 Å². The molecule has 2 aromatic carbocycles. The molecule has 2 heterocycles. The molecule has 0 saturated carbocycles. The van der Waals surface area contributed by atoms with Crippen LogP contribution in [0.3, 0.4) is 0 Å². The third kappa shape index (κ3) is 4.86.